The molecular weight excluding hydrogens is 264 g/mol. The van der Waals surface area contributed by atoms with E-state index in [1.165, 1.54) is 0 Å². The number of hydrogen-bond donors (Lipinski definition) is 2. The van der Waals surface area contributed by atoms with Crippen molar-refractivity contribution in [1.82, 2.24) is 20.3 Å². The van der Waals surface area contributed by atoms with Gasteiger partial charge in [0.25, 0.3) is 0 Å². The number of aromatic nitrogens is 3. The summed E-state index contributed by atoms with van der Waals surface area (Å²) >= 11 is 0. The Morgan fingerprint density at radius 1 is 1.29 bits per heavy atom. The normalized spacial score (nSPS) is 19.7. The summed E-state index contributed by atoms with van der Waals surface area (Å²) < 4.78 is 0. The predicted octanol–water partition coefficient (Wildman–Crippen LogP) is 0.718. The first-order valence-electron chi connectivity index (χ1n) is 7.19. The van der Waals surface area contributed by atoms with Crippen molar-refractivity contribution in [3.8, 4) is 0 Å². The molecule has 110 valence electrons. The lowest BCUT2D eigenvalue weighted by Gasteiger charge is -2.19. The molecule has 21 heavy (non-hydrogen) atoms. The van der Waals surface area contributed by atoms with Gasteiger partial charge in [0.2, 0.25) is 0 Å². The van der Waals surface area contributed by atoms with Crippen molar-refractivity contribution in [1.29, 1.82) is 0 Å². The van der Waals surface area contributed by atoms with Crippen LogP contribution in [-0.2, 0) is 0 Å². The van der Waals surface area contributed by atoms with E-state index in [4.69, 9.17) is 5.73 Å². The van der Waals surface area contributed by atoms with Crippen LogP contribution in [0.4, 0.5) is 5.82 Å². The van der Waals surface area contributed by atoms with Gasteiger partial charge in [-0.1, -0.05) is 6.07 Å². The molecule has 3 rings (SSSR count). The highest BCUT2D eigenvalue weighted by atomic mass is 15.2. The molecule has 1 aliphatic rings. The molecule has 0 aliphatic carbocycles. The maximum absolute atomic E-state index is 6.22. The van der Waals surface area contributed by atoms with Crippen LogP contribution < -0.4 is 16.0 Å². The molecule has 0 spiro atoms. The lowest BCUT2D eigenvalue weighted by Crippen LogP contribution is -2.30. The fourth-order valence-electron chi connectivity index (χ4n) is 2.59. The topological polar surface area (TPSA) is 80.0 Å². The molecule has 2 unspecified atom stereocenters. The standard InChI is InChI=1S/C15H20N6/c1-17-11-6-9-21(10-11)13-5-8-19-15(20-13)14(16)12-4-2-3-7-18-12/h2-5,7-8,11,14,17H,6,9-10,16H2,1H3. The quantitative estimate of drug-likeness (QED) is 0.861. The number of pyridine rings is 1. The molecule has 6 nitrogen and oxygen atoms in total. The van der Waals surface area contributed by atoms with E-state index < -0.39 is 6.04 Å². The van der Waals surface area contributed by atoms with Gasteiger partial charge in [0, 0.05) is 31.5 Å². The molecule has 6 heteroatoms. The van der Waals surface area contributed by atoms with Crippen LogP contribution in [0.2, 0.25) is 0 Å². The second-order valence-electron chi connectivity index (χ2n) is 5.23. The zero-order valence-electron chi connectivity index (χ0n) is 12.1. The molecule has 1 saturated heterocycles. The Hall–Kier alpha value is -2.05. The first-order chi connectivity index (χ1) is 10.3. The second-order valence-corrected chi connectivity index (χ2v) is 5.23. The van der Waals surface area contributed by atoms with Crippen molar-refractivity contribution in [2.24, 2.45) is 5.73 Å². The van der Waals surface area contributed by atoms with Crippen molar-refractivity contribution in [2.75, 3.05) is 25.0 Å². The summed E-state index contributed by atoms with van der Waals surface area (Å²) in [7, 11) is 2.00. The van der Waals surface area contributed by atoms with E-state index in [-0.39, 0.29) is 0 Å². The molecule has 2 atom stereocenters. The minimum absolute atomic E-state index is 0.395. The summed E-state index contributed by atoms with van der Waals surface area (Å²) in [5.74, 6) is 1.54. The number of rotatable bonds is 4. The lowest BCUT2D eigenvalue weighted by atomic mass is 10.2. The molecule has 3 N–H and O–H groups in total. The van der Waals surface area contributed by atoms with E-state index >= 15 is 0 Å². The third-order valence-electron chi connectivity index (χ3n) is 3.86. The Morgan fingerprint density at radius 3 is 2.90 bits per heavy atom. The monoisotopic (exact) mass is 284 g/mol. The molecule has 0 aromatic carbocycles. The maximum atomic E-state index is 6.22. The first kappa shape index (κ1) is 13.9. The van der Waals surface area contributed by atoms with Gasteiger partial charge in [0.15, 0.2) is 5.82 Å². The maximum Gasteiger partial charge on any atom is 0.153 e. The van der Waals surface area contributed by atoms with E-state index in [9.17, 15) is 0 Å². The van der Waals surface area contributed by atoms with E-state index in [1.807, 2.05) is 31.3 Å². The van der Waals surface area contributed by atoms with E-state index in [0.717, 1.165) is 31.0 Å². The highest BCUT2D eigenvalue weighted by molar-refractivity contribution is 5.40. The number of nitrogens with one attached hydrogen (secondary N) is 1. The SMILES string of the molecule is CNC1CCN(c2ccnc(C(N)c3ccccn3)n2)C1. The van der Waals surface area contributed by atoms with Crippen LogP contribution in [0.1, 0.15) is 24.0 Å². The molecule has 0 bridgehead atoms. The van der Waals surface area contributed by atoms with Crippen molar-refractivity contribution in [2.45, 2.75) is 18.5 Å². The molecule has 3 heterocycles. The first-order valence-corrected chi connectivity index (χ1v) is 7.19. The molecule has 2 aromatic heterocycles. The van der Waals surface area contributed by atoms with Gasteiger partial charge in [-0.2, -0.15) is 0 Å². The molecule has 1 fully saturated rings. The van der Waals surface area contributed by atoms with Gasteiger partial charge in [-0.25, -0.2) is 9.97 Å². The average molecular weight is 284 g/mol. The molecular formula is C15H20N6. The number of nitrogens with zero attached hydrogens (tertiary/aromatic N) is 4. The van der Waals surface area contributed by atoms with Crippen molar-refractivity contribution >= 4 is 5.82 Å². The summed E-state index contributed by atoms with van der Waals surface area (Å²) in [6.45, 7) is 1.96. The van der Waals surface area contributed by atoms with Crippen molar-refractivity contribution in [3.63, 3.8) is 0 Å². The van der Waals surface area contributed by atoms with Crippen LogP contribution in [0.3, 0.4) is 0 Å². The number of anilines is 1. The summed E-state index contributed by atoms with van der Waals surface area (Å²) in [4.78, 5) is 15.5. The summed E-state index contributed by atoms with van der Waals surface area (Å²) in [6.07, 6.45) is 4.63. The Balaban J connectivity index is 1.80. The van der Waals surface area contributed by atoms with Crippen LogP contribution in [0, 0.1) is 0 Å². The van der Waals surface area contributed by atoms with Gasteiger partial charge in [0.05, 0.1) is 5.69 Å². The fourth-order valence-corrected chi connectivity index (χ4v) is 2.59. The Morgan fingerprint density at radius 2 is 2.19 bits per heavy atom. The zero-order valence-corrected chi connectivity index (χ0v) is 12.1. The molecule has 0 saturated carbocycles. The minimum Gasteiger partial charge on any atom is -0.355 e. The number of nitrogens with two attached hydrogens (primary N) is 1. The van der Waals surface area contributed by atoms with E-state index in [2.05, 4.69) is 25.2 Å². The third-order valence-corrected chi connectivity index (χ3v) is 3.86. The van der Waals surface area contributed by atoms with Crippen LogP contribution in [0.5, 0.6) is 0 Å². The summed E-state index contributed by atoms with van der Waals surface area (Å²) in [5, 5.41) is 3.31. The van der Waals surface area contributed by atoms with Gasteiger partial charge in [0.1, 0.15) is 11.9 Å². The molecule has 0 amide bonds. The van der Waals surface area contributed by atoms with Crippen LogP contribution in [0.25, 0.3) is 0 Å². The Bertz CT molecular complexity index is 588. The minimum atomic E-state index is -0.395. The zero-order chi connectivity index (χ0) is 14.7. The smallest absolute Gasteiger partial charge is 0.153 e. The predicted molar refractivity (Wildman–Crippen MR) is 82.0 cm³/mol. The molecule has 0 radical (unpaired) electrons. The Kier molecular flexibility index (Phi) is 4.08. The average Bonchev–Trinajstić information content (AvgIpc) is 3.04. The summed E-state index contributed by atoms with van der Waals surface area (Å²) in [6, 6.07) is 7.75. The van der Waals surface area contributed by atoms with Crippen molar-refractivity contribution in [3.05, 3.63) is 48.2 Å². The van der Waals surface area contributed by atoms with Crippen LogP contribution in [0.15, 0.2) is 36.7 Å². The van der Waals surface area contributed by atoms with E-state index in [0.29, 0.717) is 11.9 Å². The van der Waals surface area contributed by atoms with Gasteiger partial charge < -0.3 is 16.0 Å². The van der Waals surface area contributed by atoms with Gasteiger partial charge in [-0.05, 0) is 31.7 Å². The van der Waals surface area contributed by atoms with Gasteiger partial charge >= 0.3 is 0 Å². The van der Waals surface area contributed by atoms with Crippen molar-refractivity contribution < 1.29 is 0 Å². The number of likely N-dealkylation sites (N-methyl/N-ethyl adjacent to an activating group) is 1. The second kappa shape index (κ2) is 6.15. The van der Waals surface area contributed by atoms with Gasteiger partial charge in [-0.15, -0.1) is 0 Å². The number of hydrogen-bond acceptors (Lipinski definition) is 6. The largest absolute Gasteiger partial charge is 0.355 e. The third kappa shape index (κ3) is 3.01. The van der Waals surface area contributed by atoms with Crippen LogP contribution >= 0.6 is 0 Å². The molecule has 2 aromatic rings. The highest BCUT2D eigenvalue weighted by Gasteiger charge is 2.23. The van der Waals surface area contributed by atoms with Gasteiger partial charge in [-0.3, -0.25) is 4.98 Å². The molecule has 1 aliphatic heterocycles. The highest BCUT2D eigenvalue weighted by Crippen LogP contribution is 2.20. The Labute approximate surface area is 124 Å². The fraction of sp³-hybridized carbons (Fsp3) is 0.400. The summed E-state index contributed by atoms with van der Waals surface area (Å²) in [5.41, 5.74) is 7.00. The lowest BCUT2D eigenvalue weighted by molar-refractivity contribution is 0.616. The van der Waals surface area contributed by atoms with E-state index in [1.54, 1.807) is 12.4 Å². The van der Waals surface area contributed by atoms with Crippen LogP contribution in [-0.4, -0.2) is 41.1 Å².